The summed E-state index contributed by atoms with van der Waals surface area (Å²) in [7, 11) is -2.05. The number of anilines is 1. The van der Waals surface area contributed by atoms with Crippen molar-refractivity contribution in [2.45, 2.75) is 32.6 Å². The predicted molar refractivity (Wildman–Crippen MR) is 96.0 cm³/mol. The van der Waals surface area contributed by atoms with Crippen molar-refractivity contribution in [2.75, 3.05) is 11.1 Å². The van der Waals surface area contributed by atoms with E-state index in [4.69, 9.17) is 2.74 Å². The van der Waals surface area contributed by atoms with E-state index in [1.807, 2.05) is 20.8 Å². The number of nitrogens with zero attached hydrogens (tertiary/aromatic N) is 1. The lowest BCUT2D eigenvalue weighted by atomic mass is 10.0. The number of carbonyl (C=O) groups is 1. The number of hydrogen-bond acceptors (Lipinski definition) is 3. The average Bonchev–Trinajstić information content (AvgIpc) is 2.90. The molecule has 0 aliphatic carbocycles. The number of nitrogens with one attached hydrogen (secondary N) is 1. The molecule has 0 aliphatic rings. The maximum Gasteiger partial charge on any atom is 0.272 e. The molecule has 0 radical (unpaired) electrons. The molecule has 1 N–H and O–H groups in total. The first-order valence-electron chi connectivity index (χ1n) is 8.70. The number of carbonyl (C=O) groups excluding carboxylic acids is 1. The van der Waals surface area contributed by atoms with Crippen molar-refractivity contribution in [1.82, 2.24) is 4.57 Å². The van der Waals surface area contributed by atoms with Gasteiger partial charge in [-0.1, -0.05) is 20.8 Å². The molecule has 1 aromatic carbocycles. The molecule has 1 aromatic heterocycles. The Morgan fingerprint density at radius 1 is 1.40 bits per heavy atom. The fourth-order valence-electron chi connectivity index (χ4n) is 2.36. The van der Waals surface area contributed by atoms with Crippen LogP contribution in [0.25, 0.3) is 0 Å². The molecule has 0 atom stereocenters. The van der Waals surface area contributed by atoms with Crippen LogP contribution in [0.2, 0.25) is 0 Å². The lowest BCUT2D eigenvalue weighted by molar-refractivity contribution is 0.101. The number of amides is 1. The molecule has 1 heterocycles. The molecule has 0 bridgehead atoms. The molecule has 0 unspecified atom stereocenters. The van der Waals surface area contributed by atoms with Crippen molar-refractivity contribution in [3.05, 3.63) is 47.5 Å². The minimum Gasteiger partial charge on any atom is -0.345 e. The molecule has 7 heteroatoms. The van der Waals surface area contributed by atoms with E-state index in [9.17, 15) is 17.6 Å². The molecule has 0 spiro atoms. The van der Waals surface area contributed by atoms with Crippen molar-refractivity contribution in [3.63, 3.8) is 0 Å². The Labute approximate surface area is 150 Å². The van der Waals surface area contributed by atoms with Gasteiger partial charge in [-0.05, 0) is 42.1 Å². The number of aromatic nitrogens is 1. The lowest BCUT2D eigenvalue weighted by Gasteiger charge is -2.17. The van der Waals surface area contributed by atoms with Crippen LogP contribution in [0.15, 0.2) is 35.3 Å². The zero-order valence-corrected chi connectivity index (χ0v) is 15.7. The van der Waals surface area contributed by atoms with Crippen molar-refractivity contribution in [2.24, 2.45) is 12.5 Å². The monoisotopic (exact) mass is 368 g/mol. The van der Waals surface area contributed by atoms with Gasteiger partial charge < -0.3 is 9.88 Å². The normalized spacial score (nSPS) is 13.4. The number of rotatable bonds is 4. The van der Waals surface area contributed by atoms with Gasteiger partial charge in [0.1, 0.15) is 11.5 Å². The summed E-state index contributed by atoms with van der Waals surface area (Å²) in [6, 6.07) is 1.57. The summed E-state index contributed by atoms with van der Waals surface area (Å²) in [5.74, 6) is -1.45. The molecule has 1 amide bonds. The van der Waals surface area contributed by atoms with Crippen LogP contribution >= 0.6 is 0 Å². The first-order chi connectivity index (χ1) is 12.2. The number of aryl methyl sites for hydroxylation is 1. The van der Waals surface area contributed by atoms with Crippen molar-refractivity contribution >= 4 is 21.4 Å². The second-order valence-electron chi connectivity index (χ2n) is 7.21. The first kappa shape index (κ1) is 16.3. The van der Waals surface area contributed by atoms with Gasteiger partial charge in [0, 0.05) is 18.9 Å². The Morgan fingerprint density at radius 3 is 2.64 bits per heavy atom. The molecule has 2 aromatic rings. The van der Waals surface area contributed by atoms with Gasteiger partial charge in [-0.3, -0.25) is 4.79 Å². The second-order valence-corrected chi connectivity index (χ2v) is 9.20. The Kier molecular flexibility index (Phi) is 4.33. The van der Waals surface area contributed by atoms with Crippen LogP contribution in [0.3, 0.4) is 0 Å². The summed E-state index contributed by atoms with van der Waals surface area (Å²) in [5, 5.41) is 2.42. The van der Waals surface area contributed by atoms with Gasteiger partial charge in [0.25, 0.3) is 5.91 Å². The van der Waals surface area contributed by atoms with Crippen molar-refractivity contribution in [1.29, 1.82) is 0 Å². The van der Waals surface area contributed by atoms with Gasteiger partial charge in [-0.2, -0.15) is 0 Å². The molecular weight excluding hydrogens is 343 g/mol. The number of halogens is 1. The lowest BCUT2D eigenvalue weighted by Crippen LogP contribution is -2.20. The second kappa shape index (κ2) is 6.63. The SMILES string of the molecule is [2H]c1cc(F)c(C)c([2H])c1NC(=O)c1cc(S(=O)(=O)CC(C)(C)C)cn1C. The van der Waals surface area contributed by atoms with E-state index in [0.29, 0.717) is 0 Å². The molecule has 25 heavy (non-hydrogen) atoms. The fraction of sp³-hybridized carbons (Fsp3) is 0.389. The van der Waals surface area contributed by atoms with Gasteiger partial charge in [-0.25, -0.2) is 12.8 Å². The third-order valence-electron chi connectivity index (χ3n) is 3.45. The Hall–Kier alpha value is -2.15. The van der Waals surface area contributed by atoms with Gasteiger partial charge in [0.05, 0.1) is 13.4 Å². The summed E-state index contributed by atoms with van der Waals surface area (Å²) in [5.41, 5.74) is -0.493. The number of hydrogen-bond donors (Lipinski definition) is 1. The van der Waals surface area contributed by atoms with E-state index >= 15 is 0 Å². The van der Waals surface area contributed by atoms with Gasteiger partial charge >= 0.3 is 0 Å². The summed E-state index contributed by atoms with van der Waals surface area (Å²) >= 11 is 0. The zero-order chi connectivity index (χ0) is 20.7. The number of sulfone groups is 1. The molecule has 0 saturated carbocycles. The van der Waals surface area contributed by atoms with Crippen LogP contribution in [0.5, 0.6) is 0 Å². The first-order valence-corrected chi connectivity index (χ1v) is 9.35. The van der Waals surface area contributed by atoms with Gasteiger partial charge in [0.15, 0.2) is 9.84 Å². The quantitative estimate of drug-likeness (QED) is 0.897. The highest BCUT2D eigenvalue weighted by molar-refractivity contribution is 7.91. The maximum absolute atomic E-state index is 13.6. The standard InChI is InChI=1S/C18H23FN2O3S/c1-12-8-13(6-7-15(12)19)20-17(22)16-9-14(10-21(16)5)25(23,24)11-18(2,3)4/h6-10H,11H2,1-5H3,(H,20,22)/i6D,8D. The molecule has 0 saturated heterocycles. The predicted octanol–water partition coefficient (Wildman–Crippen LogP) is 3.54. The smallest absolute Gasteiger partial charge is 0.272 e. The topological polar surface area (TPSA) is 68.2 Å². The average molecular weight is 368 g/mol. The minimum absolute atomic E-state index is 0.0154. The van der Waals surface area contributed by atoms with Crippen LogP contribution in [0, 0.1) is 18.2 Å². The molecule has 5 nitrogen and oxygen atoms in total. The summed E-state index contributed by atoms with van der Waals surface area (Å²) < 4.78 is 55.7. The van der Waals surface area contributed by atoms with E-state index < -0.39 is 27.0 Å². The Morgan fingerprint density at radius 2 is 2.04 bits per heavy atom. The summed E-state index contributed by atoms with van der Waals surface area (Å²) in [6.07, 6.45) is 1.36. The largest absolute Gasteiger partial charge is 0.345 e. The van der Waals surface area contributed by atoms with Gasteiger partial charge in [-0.15, -0.1) is 0 Å². The summed E-state index contributed by atoms with van der Waals surface area (Å²) in [6.45, 7) is 6.81. The van der Waals surface area contributed by atoms with Crippen LogP contribution in [-0.4, -0.2) is 24.6 Å². The van der Waals surface area contributed by atoms with Crippen LogP contribution in [0.1, 0.15) is 39.6 Å². The highest BCUT2D eigenvalue weighted by atomic mass is 32.2. The Bertz CT molecular complexity index is 1010. The van der Waals surface area contributed by atoms with Crippen LogP contribution < -0.4 is 5.32 Å². The molecule has 0 fully saturated rings. The minimum atomic E-state index is -3.58. The highest BCUT2D eigenvalue weighted by Crippen LogP contribution is 2.24. The maximum atomic E-state index is 13.6. The van der Waals surface area contributed by atoms with Crippen LogP contribution in [-0.2, 0) is 16.9 Å². The van der Waals surface area contributed by atoms with E-state index in [1.165, 1.54) is 30.8 Å². The Balaban J connectivity index is 2.37. The molecule has 0 aliphatic heterocycles. The third kappa shape index (κ3) is 4.69. The number of benzene rings is 1. The van der Waals surface area contributed by atoms with E-state index in [2.05, 4.69) is 5.32 Å². The van der Waals surface area contributed by atoms with E-state index in [0.717, 1.165) is 6.07 Å². The third-order valence-corrected chi connectivity index (χ3v) is 5.63. The van der Waals surface area contributed by atoms with Gasteiger partial charge in [0.2, 0.25) is 0 Å². The molecule has 2 rings (SSSR count). The zero-order valence-electron chi connectivity index (χ0n) is 16.9. The fourth-order valence-corrected chi connectivity index (χ4v) is 4.27. The van der Waals surface area contributed by atoms with E-state index in [1.54, 1.807) is 0 Å². The van der Waals surface area contributed by atoms with Crippen molar-refractivity contribution in [3.8, 4) is 0 Å². The van der Waals surface area contributed by atoms with Crippen LogP contribution in [0.4, 0.5) is 10.1 Å². The highest BCUT2D eigenvalue weighted by Gasteiger charge is 2.26. The summed E-state index contributed by atoms with van der Waals surface area (Å²) in [4.78, 5) is 12.6. The van der Waals surface area contributed by atoms with Crippen molar-refractivity contribution < 1.29 is 20.3 Å². The molecule has 136 valence electrons. The van der Waals surface area contributed by atoms with E-state index in [-0.39, 0.29) is 39.7 Å². The molecular formula is C18H23FN2O3S.